The van der Waals surface area contributed by atoms with Gasteiger partial charge in [-0.15, -0.1) is 0 Å². The maximum absolute atomic E-state index is 12.7. The summed E-state index contributed by atoms with van der Waals surface area (Å²) in [6, 6.07) is 14.6. The van der Waals surface area contributed by atoms with Gasteiger partial charge in [-0.2, -0.15) is 5.10 Å². The third kappa shape index (κ3) is 3.95. The maximum Gasteiger partial charge on any atom is 0.311 e. The molecule has 0 amide bonds. The number of ether oxygens (including phenoxy) is 2. The number of benzene rings is 2. The van der Waals surface area contributed by atoms with Crippen LogP contribution >= 0.6 is 11.6 Å². The Labute approximate surface area is 156 Å². The van der Waals surface area contributed by atoms with Gasteiger partial charge in [0, 0.05) is 0 Å². The first kappa shape index (κ1) is 17.8. The van der Waals surface area contributed by atoms with Crippen molar-refractivity contribution in [3.05, 3.63) is 87.8 Å². The fraction of sp³-hybridized carbons (Fsp3) is 0.100. The molecule has 5 nitrogen and oxygen atoms in total. The molecule has 1 aromatic heterocycles. The Balaban J connectivity index is 1.87. The van der Waals surface area contributed by atoms with Gasteiger partial charge in [0.15, 0.2) is 0 Å². The SMILES string of the molecule is C=Cc1ccc(Cn2ncc(Cl)c(Oc3ccc(OC)cc3)c2=O)cc1. The Morgan fingerprint density at radius 3 is 2.38 bits per heavy atom. The quantitative estimate of drug-likeness (QED) is 0.647. The number of nitrogens with zero attached hydrogens (tertiary/aromatic N) is 2. The van der Waals surface area contributed by atoms with Crippen LogP contribution in [0.3, 0.4) is 0 Å². The van der Waals surface area contributed by atoms with Gasteiger partial charge >= 0.3 is 5.56 Å². The monoisotopic (exact) mass is 368 g/mol. The lowest BCUT2D eigenvalue weighted by molar-refractivity contribution is 0.412. The minimum absolute atomic E-state index is 0.0366. The molecule has 0 atom stereocenters. The predicted octanol–water partition coefficient (Wildman–Crippen LogP) is 4.39. The first-order valence-corrected chi connectivity index (χ1v) is 8.27. The molecule has 2 aromatic carbocycles. The van der Waals surface area contributed by atoms with Crippen LogP contribution in [0.2, 0.25) is 5.02 Å². The van der Waals surface area contributed by atoms with E-state index in [0.29, 0.717) is 18.0 Å². The van der Waals surface area contributed by atoms with Gasteiger partial charge in [0.2, 0.25) is 5.75 Å². The molecule has 0 N–H and O–H groups in total. The molecule has 0 aliphatic heterocycles. The van der Waals surface area contributed by atoms with Gasteiger partial charge in [-0.05, 0) is 35.4 Å². The van der Waals surface area contributed by atoms with Gasteiger partial charge < -0.3 is 9.47 Å². The molecule has 0 aliphatic carbocycles. The molecular formula is C20H17ClN2O3. The number of methoxy groups -OCH3 is 1. The molecule has 0 fully saturated rings. The van der Waals surface area contributed by atoms with Crippen molar-refractivity contribution in [3.63, 3.8) is 0 Å². The van der Waals surface area contributed by atoms with Crippen LogP contribution in [0.15, 0.2) is 66.1 Å². The Kier molecular flexibility index (Phi) is 5.39. The summed E-state index contributed by atoms with van der Waals surface area (Å²) in [4.78, 5) is 12.7. The largest absolute Gasteiger partial charge is 0.497 e. The summed E-state index contributed by atoms with van der Waals surface area (Å²) < 4.78 is 12.1. The van der Waals surface area contributed by atoms with Crippen LogP contribution in [0, 0.1) is 0 Å². The molecule has 0 saturated carbocycles. The van der Waals surface area contributed by atoms with Crippen LogP contribution in [0.25, 0.3) is 6.08 Å². The van der Waals surface area contributed by atoms with Gasteiger partial charge in [-0.25, -0.2) is 4.68 Å². The lowest BCUT2D eigenvalue weighted by atomic mass is 10.1. The highest BCUT2D eigenvalue weighted by molar-refractivity contribution is 6.31. The van der Waals surface area contributed by atoms with Gasteiger partial charge in [-0.1, -0.05) is 48.5 Å². The van der Waals surface area contributed by atoms with E-state index in [9.17, 15) is 4.79 Å². The number of hydrogen-bond acceptors (Lipinski definition) is 4. The van der Waals surface area contributed by atoms with Crippen LogP contribution in [-0.2, 0) is 6.54 Å². The molecule has 1 heterocycles. The molecule has 0 unspecified atom stereocenters. The van der Waals surface area contributed by atoms with Gasteiger partial charge in [-0.3, -0.25) is 4.79 Å². The predicted molar refractivity (Wildman–Crippen MR) is 102 cm³/mol. The summed E-state index contributed by atoms with van der Waals surface area (Å²) >= 11 is 6.12. The number of rotatable bonds is 6. The second-order valence-electron chi connectivity index (χ2n) is 5.51. The van der Waals surface area contributed by atoms with Crippen molar-refractivity contribution in [2.75, 3.05) is 7.11 Å². The van der Waals surface area contributed by atoms with Gasteiger partial charge in [0.1, 0.15) is 16.5 Å². The third-order valence-electron chi connectivity index (χ3n) is 3.78. The van der Waals surface area contributed by atoms with E-state index in [4.69, 9.17) is 21.1 Å². The van der Waals surface area contributed by atoms with Crippen molar-refractivity contribution in [3.8, 4) is 17.2 Å². The number of halogens is 1. The highest BCUT2D eigenvalue weighted by Gasteiger charge is 2.13. The number of aromatic nitrogens is 2. The minimum atomic E-state index is -0.402. The average molecular weight is 369 g/mol. The lowest BCUT2D eigenvalue weighted by Crippen LogP contribution is -2.24. The minimum Gasteiger partial charge on any atom is -0.497 e. The van der Waals surface area contributed by atoms with Crippen molar-refractivity contribution >= 4 is 17.7 Å². The molecule has 6 heteroatoms. The van der Waals surface area contributed by atoms with E-state index < -0.39 is 5.56 Å². The Bertz CT molecular complexity index is 964. The summed E-state index contributed by atoms with van der Waals surface area (Å²) in [5.41, 5.74) is 1.54. The number of hydrogen-bond donors (Lipinski definition) is 0. The molecule has 132 valence electrons. The van der Waals surface area contributed by atoms with E-state index in [-0.39, 0.29) is 10.8 Å². The smallest absolute Gasteiger partial charge is 0.311 e. The second-order valence-corrected chi connectivity index (χ2v) is 5.91. The molecule has 3 rings (SSSR count). The molecule has 0 saturated heterocycles. The van der Waals surface area contributed by atoms with Crippen molar-refractivity contribution in [1.82, 2.24) is 9.78 Å². The van der Waals surface area contributed by atoms with Crippen LogP contribution < -0.4 is 15.0 Å². The Hall–Kier alpha value is -3.05. The highest BCUT2D eigenvalue weighted by Crippen LogP contribution is 2.26. The van der Waals surface area contributed by atoms with Crippen LogP contribution in [0.4, 0.5) is 0 Å². The average Bonchev–Trinajstić information content (AvgIpc) is 2.68. The van der Waals surface area contributed by atoms with Crippen LogP contribution in [-0.4, -0.2) is 16.9 Å². The van der Waals surface area contributed by atoms with Crippen molar-refractivity contribution in [2.24, 2.45) is 0 Å². The molecule has 26 heavy (non-hydrogen) atoms. The summed E-state index contributed by atoms with van der Waals surface area (Å²) in [6.07, 6.45) is 3.16. The molecule has 0 spiro atoms. The molecule has 3 aromatic rings. The normalized spacial score (nSPS) is 10.4. The lowest BCUT2D eigenvalue weighted by Gasteiger charge is -2.10. The fourth-order valence-corrected chi connectivity index (χ4v) is 2.51. The molecule has 0 aliphatic rings. The zero-order valence-electron chi connectivity index (χ0n) is 14.2. The van der Waals surface area contributed by atoms with Gasteiger partial charge in [0.05, 0.1) is 19.9 Å². The van der Waals surface area contributed by atoms with E-state index in [1.54, 1.807) is 37.5 Å². The van der Waals surface area contributed by atoms with E-state index in [1.165, 1.54) is 10.9 Å². The third-order valence-corrected chi connectivity index (χ3v) is 4.05. The Morgan fingerprint density at radius 2 is 1.77 bits per heavy atom. The van der Waals surface area contributed by atoms with E-state index >= 15 is 0 Å². The van der Waals surface area contributed by atoms with E-state index in [0.717, 1.165) is 11.1 Å². The summed E-state index contributed by atoms with van der Waals surface area (Å²) in [6.45, 7) is 4.04. The van der Waals surface area contributed by atoms with Crippen LogP contribution in [0.1, 0.15) is 11.1 Å². The molecule has 0 radical (unpaired) electrons. The zero-order valence-corrected chi connectivity index (χ0v) is 14.9. The zero-order chi connectivity index (χ0) is 18.5. The van der Waals surface area contributed by atoms with Crippen molar-refractivity contribution in [1.29, 1.82) is 0 Å². The van der Waals surface area contributed by atoms with E-state index in [2.05, 4.69) is 11.7 Å². The maximum atomic E-state index is 12.7. The summed E-state index contributed by atoms with van der Waals surface area (Å²) in [5, 5.41) is 4.25. The topological polar surface area (TPSA) is 53.4 Å². The molecular weight excluding hydrogens is 352 g/mol. The standard InChI is InChI=1S/C20H17ClN2O3/c1-3-14-4-6-15(7-5-14)13-23-20(24)19(18(21)12-22-23)26-17-10-8-16(25-2)9-11-17/h3-12H,1,13H2,2H3. The summed E-state index contributed by atoms with van der Waals surface area (Å²) in [7, 11) is 1.58. The highest BCUT2D eigenvalue weighted by atomic mass is 35.5. The first-order chi connectivity index (χ1) is 12.6. The van der Waals surface area contributed by atoms with Crippen molar-refractivity contribution < 1.29 is 9.47 Å². The first-order valence-electron chi connectivity index (χ1n) is 7.89. The summed E-state index contributed by atoms with van der Waals surface area (Å²) in [5.74, 6) is 1.21. The fourth-order valence-electron chi connectivity index (χ4n) is 2.35. The van der Waals surface area contributed by atoms with E-state index in [1.807, 2.05) is 24.3 Å². The van der Waals surface area contributed by atoms with Gasteiger partial charge in [0.25, 0.3) is 0 Å². The Morgan fingerprint density at radius 1 is 1.12 bits per heavy atom. The molecule has 0 bridgehead atoms. The second kappa shape index (κ2) is 7.89. The van der Waals surface area contributed by atoms with Crippen LogP contribution in [0.5, 0.6) is 17.2 Å². The van der Waals surface area contributed by atoms with Crippen molar-refractivity contribution in [2.45, 2.75) is 6.54 Å².